The van der Waals surface area contributed by atoms with Gasteiger partial charge in [-0.05, 0) is 36.4 Å². The minimum Gasteiger partial charge on any atom is -0.325 e. The van der Waals surface area contributed by atoms with Crippen molar-refractivity contribution in [3.8, 4) is 6.07 Å². The molecule has 0 saturated carbocycles. The van der Waals surface area contributed by atoms with Gasteiger partial charge in [-0.2, -0.15) is 9.57 Å². The molecule has 0 bridgehead atoms. The zero-order chi connectivity index (χ0) is 18.6. The number of anilines is 1. The van der Waals surface area contributed by atoms with Crippen LogP contribution in [0.5, 0.6) is 0 Å². The summed E-state index contributed by atoms with van der Waals surface area (Å²) >= 11 is 11.7. The first kappa shape index (κ1) is 19.2. The van der Waals surface area contributed by atoms with Crippen molar-refractivity contribution in [2.75, 3.05) is 18.9 Å². The number of nitrogens with zero attached hydrogens (tertiary/aromatic N) is 2. The first-order chi connectivity index (χ1) is 11.7. The molecule has 0 fully saturated rings. The lowest BCUT2D eigenvalue weighted by molar-refractivity contribution is -0.116. The van der Waals surface area contributed by atoms with Crippen LogP contribution in [0.2, 0.25) is 10.0 Å². The number of hydrogen-bond acceptors (Lipinski definition) is 4. The molecule has 0 aromatic heterocycles. The average Bonchev–Trinajstić information content (AvgIpc) is 2.58. The Bertz CT molecular complexity index is 955. The van der Waals surface area contributed by atoms with Gasteiger partial charge in [-0.25, -0.2) is 8.42 Å². The van der Waals surface area contributed by atoms with Crippen LogP contribution < -0.4 is 5.32 Å². The third-order valence-electron chi connectivity index (χ3n) is 3.24. The van der Waals surface area contributed by atoms with Gasteiger partial charge in [0, 0.05) is 12.7 Å². The summed E-state index contributed by atoms with van der Waals surface area (Å²) in [4.78, 5) is 12.0. The molecule has 0 unspecified atom stereocenters. The Kier molecular flexibility index (Phi) is 6.03. The zero-order valence-corrected chi connectivity index (χ0v) is 15.4. The number of sulfonamides is 1. The Balaban J connectivity index is 2.11. The minimum atomic E-state index is -3.90. The van der Waals surface area contributed by atoms with E-state index in [2.05, 4.69) is 5.32 Å². The van der Waals surface area contributed by atoms with E-state index in [1.807, 2.05) is 6.07 Å². The first-order valence-electron chi connectivity index (χ1n) is 6.95. The van der Waals surface area contributed by atoms with Crippen molar-refractivity contribution in [1.82, 2.24) is 4.31 Å². The maximum atomic E-state index is 12.5. The molecule has 2 rings (SSSR count). The number of nitriles is 1. The number of amides is 1. The summed E-state index contributed by atoms with van der Waals surface area (Å²) in [5, 5.41) is 12.0. The third-order valence-corrected chi connectivity index (χ3v) is 5.78. The molecule has 0 atom stereocenters. The summed E-state index contributed by atoms with van der Waals surface area (Å²) < 4.78 is 25.9. The fourth-order valence-electron chi connectivity index (χ4n) is 1.97. The van der Waals surface area contributed by atoms with Gasteiger partial charge in [0.2, 0.25) is 15.9 Å². The standard InChI is InChI=1S/C16H13Cl2N3O3S/c1-21(25(23,24)13-4-2-3-11(7-13)9-19)10-16(22)20-12-5-6-14(17)15(18)8-12/h2-8H,10H2,1H3,(H,20,22). The van der Waals surface area contributed by atoms with E-state index < -0.39 is 22.5 Å². The van der Waals surface area contributed by atoms with Crippen LogP contribution in [-0.2, 0) is 14.8 Å². The highest BCUT2D eigenvalue weighted by molar-refractivity contribution is 7.89. The van der Waals surface area contributed by atoms with Gasteiger partial charge < -0.3 is 5.32 Å². The van der Waals surface area contributed by atoms with E-state index in [0.717, 1.165) is 4.31 Å². The van der Waals surface area contributed by atoms with E-state index in [9.17, 15) is 13.2 Å². The molecule has 1 N–H and O–H groups in total. The van der Waals surface area contributed by atoms with Gasteiger partial charge in [0.05, 0.1) is 33.1 Å². The van der Waals surface area contributed by atoms with E-state index >= 15 is 0 Å². The molecule has 25 heavy (non-hydrogen) atoms. The molecule has 0 aliphatic heterocycles. The lowest BCUT2D eigenvalue weighted by Gasteiger charge is -2.17. The van der Waals surface area contributed by atoms with Gasteiger partial charge in [-0.1, -0.05) is 29.3 Å². The van der Waals surface area contributed by atoms with Gasteiger partial charge in [0.15, 0.2) is 0 Å². The fraction of sp³-hybridized carbons (Fsp3) is 0.125. The van der Waals surface area contributed by atoms with Gasteiger partial charge >= 0.3 is 0 Å². The third kappa shape index (κ3) is 4.71. The van der Waals surface area contributed by atoms with Crippen molar-refractivity contribution < 1.29 is 13.2 Å². The van der Waals surface area contributed by atoms with E-state index in [0.29, 0.717) is 10.7 Å². The molecular formula is C16H13Cl2N3O3S. The van der Waals surface area contributed by atoms with Crippen LogP contribution in [0.25, 0.3) is 0 Å². The monoisotopic (exact) mass is 397 g/mol. The molecule has 0 aliphatic carbocycles. The largest absolute Gasteiger partial charge is 0.325 e. The van der Waals surface area contributed by atoms with Crippen molar-refractivity contribution >= 4 is 44.8 Å². The highest BCUT2D eigenvalue weighted by Crippen LogP contribution is 2.25. The van der Waals surface area contributed by atoms with Gasteiger partial charge in [-0.3, -0.25) is 4.79 Å². The number of rotatable bonds is 5. The predicted octanol–water partition coefficient (Wildman–Crippen LogP) is 3.12. The summed E-state index contributed by atoms with van der Waals surface area (Å²) in [6, 6.07) is 12.0. The van der Waals surface area contributed by atoms with E-state index in [4.69, 9.17) is 28.5 Å². The SMILES string of the molecule is CN(CC(=O)Nc1ccc(Cl)c(Cl)c1)S(=O)(=O)c1cccc(C#N)c1. The average molecular weight is 398 g/mol. The summed E-state index contributed by atoms with van der Waals surface area (Å²) in [5.74, 6) is -0.541. The normalized spacial score (nSPS) is 11.2. The zero-order valence-electron chi connectivity index (χ0n) is 13.0. The number of carbonyl (C=O) groups is 1. The lowest BCUT2D eigenvalue weighted by atomic mass is 10.2. The van der Waals surface area contributed by atoms with Crippen LogP contribution in [0.4, 0.5) is 5.69 Å². The number of halogens is 2. The molecular weight excluding hydrogens is 385 g/mol. The summed E-state index contributed by atoms with van der Waals surface area (Å²) in [5.41, 5.74) is 0.617. The predicted molar refractivity (Wildman–Crippen MR) is 96.1 cm³/mol. The second kappa shape index (κ2) is 7.85. The van der Waals surface area contributed by atoms with Crippen molar-refractivity contribution in [2.24, 2.45) is 0 Å². The Hall–Kier alpha value is -2.11. The van der Waals surface area contributed by atoms with Crippen LogP contribution in [0, 0.1) is 11.3 Å². The van der Waals surface area contributed by atoms with Crippen molar-refractivity contribution in [3.05, 3.63) is 58.1 Å². The Morgan fingerprint density at radius 1 is 1.20 bits per heavy atom. The molecule has 0 heterocycles. The lowest BCUT2D eigenvalue weighted by Crippen LogP contribution is -2.35. The molecule has 2 aromatic rings. The van der Waals surface area contributed by atoms with Crippen LogP contribution in [0.3, 0.4) is 0 Å². The van der Waals surface area contributed by atoms with Crippen molar-refractivity contribution in [1.29, 1.82) is 5.26 Å². The topological polar surface area (TPSA) is 90.3 Å². The number of nitrogens with one attached hydrogen (secondary N) is 1. The highest BCUT2D eigenvalue weighted by atomic mass is 35.5. The smallest absolute Gasteiger partial charge is 0.243 e. The number of likely N-dealkylation sites (N-methyl/N-ethyl adjacent to an activating group) is 1. The molecule has 0 aliphatic rings. The molecule has 9 heteroatoms. The van der Waals surface area contributed by atoms with E-state index in [1.54, 1.807) is 6.07 Å². The Labute approximate surface area is 155 Å². The van der Waals surface area contributed by atoms with Crippen LogP contribution in [0.15, 0.2) is 47.4 Å². The van der Waals surface area contributed by atoms with E-state index in [1.165, 1.54) is 43.4 Å². The molecule has 0 saturated heterocycles. The maximum Gasteiger partial charge on any atom is 0.243 e. The molecule has 6 nitrogen and oxygen atoms in total. The quantitative estimate of drug-likeness (QED) is 0.838. The number of hydrogen-bond donors (Lipinski definition) is 1. The van der Waals surface area contributed by atoms with Crippen LogP contribution >= 0.6 is 23.2 Å². The van der Waals surface area contributed by atoms with E-state index in [-0.39, 0.29) is 15.5 Å². The molecule has 0 radical (unpaired) electrons. The van der Waals surface area contributed by atoms with Crippen molar-refractivity contribution in [2.45, 2.75) is 4.90 Å². The molecule has 130 valence electrons. The maximum absolute atomic E-state index is 12.5. The van der Waals surface area contributed by atoms with Gasteiger partial charge in [0.1, 0.15) is 0 Å². The molecule has 0 spiro atoms. The summed E-state index contributed by atoms with van der Waals surface area (Å²) in [6.45, 7) is -0.403. The Morgan fingerprint density at radius 2 is 1.92 bits per heavy atom. The molecule has 2 aromatic carbocycles. The van der Waals surface area contributed by atoms with Crippen LogP contribution in [-0.4, -0.2) is 32.2 Å². The Morgan fingerprint density at radius 3 is 2.56 bits per heavy atom. The van der Waals surface area contributed by atoms with Crippen molar-refractivity contribution in [3.63, 3.8) is 0 Å². The summed E-state index contributed by atoms with van der Waals surface area (Å²) in [6.07, 6.45) is 0. The van der Waals surface area contributed by atoms with Crippen LogP contribution in [0.1, 0.15) is 5.56 Å². The minimum absolute atomic E-state index is 0.0589. The first-order valence-corrected chi connectivity index (χ1v) is 9.15. The fourth-order valence-corrected chi connectivity index (χ4v) is 3.44. The highest BCUT2D eigenvalue weighted by Gasteiger charge is 2.23. The number of carbonyl (C=O) groups excluding carboxylic acids is 1. The van der Waals surface area contributed by atoms with Gasteiger partial charge in [-0.15, -0.1) is 0 Å². The second-order valence-corrected chi connectivity index (χ2v) is 7.94. The number of benzene rings is 2. The molecule has 1 amide bonds. The summed E-state index contributed by atoms with van der Waals surface area (Å²) in [7, 11) is -2.62. The second-order valence-electron chi connectivity index (χ2n) is 5.08. The van der Waals surface area contributed by atoms with Gasteiger partial charge in [0.25, 0.3) is 0 Å².